The van der Waals surface area contributed by atoms with Crippen molar-refractivity contribution in [1.82, 2.24) is 15.4 Å². The first-order chi connectivity index (χ1) is 7.75. The zero-order chi connectivity index (χ0) is 11.4. The molecular weight excluding hydrogens is 226 g/mol. The highest BCUT2D eigenvalue weighted by atomic mass is 32.1. The summed E-state index contributed by atoms with van der Waals surface area (Å²) in [5.41, 5.74) is 11.5. The number of aromatic nitrogens is 2. The molecule has 0 fully saturated rings. The molecule has 2 rings (SSSR count). The van der Waals surface area contributed by atoms with E-state index in [2.05, 4.69) is 20.8 Å². The number of carbonyl (C=O) groups is 1. The lowest BCUT2D eigenvalue weighted by molar-refractivity contribution is 0.250. The molecule has 0 atom stereocenters. The molecule has 0 bridgehead atoms. The molecule has 0 aliphatic rings. The summed E-state index contributed by atoms with van der Waals surface area (Å²) in [4.78, 5) is 18.7. The van der Waals surface area contributed by atoms with Crippen LogP contribution in [0.15, 0.2) is 29.9 Å². The smallest absolute Gasteiger partial charge is 0.330 e. The second-order valence-electron chi connectivity index (χ2n) is 2.89. The second-order valence-corrected chi connectivity index (χ2v) is 3.75. The molecule has 4 N–H and O–H groups in total. The molecule has 2 amide bonds. The number of rotatable bonds is 3. The number of nitrogens with one attached hydrogen (secondary N) is 2. The van der Waals surface area contributed by atoms with Gasteiger partial charge in [0.2, 0.25) is 5.13 Å². The Morgan fingerprint density at radius 2 is 2.38 bits per heavy atom. The Morgan fingerprint density at radius 1 is 1.50 bits per heavy atom. The monoisotopic (exact) mass is 235 g/mol. The highest BCUT2D eigenvalue weighted by molar-refractivity contribution is 7.14. The molecule has 82 valence electrons. The lowest BCUT2D eigenvalue weighted by Gasteiger charge is -2.00. The van der Waals surface area contributed by atoms with Crippen molar-refractivity contribution in [3.8, 4) is 11.3 Å². The maximum atomic E-state index is 10.5. The van der Waals surface area contributed by atoms with E-state index in [9.17, 15) is 4.79 Å². The van der Waals surface area contributed by atoms with E-state index in [1.165, 1.54) is 11.3 Å². The summed E-state index contributed by atoms with van der Waals surface area (Å²) >= 11 is 1.37. The van der Waals surface area contributed by atoms with Gasteiger partial charge < -0.3 is 5.73 Å². The van der Waals surface area contributed by atoms with Crippen LogP contribution in [-0.2, 0) is 0 Å². The van der Waals surface area contributed by atoms with E-state index in [-0.39, 0.29) is 0 Å². The van der Waals surface area contributed by atoms with E-state index in [0.29, 0.717) is 5.13 Å². The molecule has 2 aromatic heterocycles. The van der Waals surface area contributed by atoms with Gasteiger partial charge in [-0.1, -0.05) is 0 Å². The minimum atomic E-state index is -0.655. The van der Waals surface area contributed by atoms with Gasteiger partial charge in [-0.05, 0) is 12.1 Å². The number of hydrogen-bond acceptors (Lipinski definition) is 5. The van der Waals surface area contributed by atoms with Gasteiger partial charge in [0.1, 0.15) is 0 Å². The first-order valence-electron chi connectivity index (χ1n) is 4.43. The van der Waals surface area contributed by atoms with Crippen LogP contribution in [0.5, 0.6) is 0 Å². The summed E-state index contributed by atoms with van der Waals surface area (Å²) in [7, 11) is 0. The fourth-order valence-corrected chi connectivity index (χ4v) is 1.77. The van der Waals surface area contributed by atoms with Gasteiger partial charge >= 0.3 is 6.03 Å². The van der Waals surface area contributed by atoms with Crippen molar-refractivity contribution < 1.29 is 4.79 Å². The minimum Gasteiger partial charge on any atom is -0.350 e. The van der Waals surface area contributed by atoms with Gasteiger partial charge in [0.25, 0.3) is 0 Å². The molecule has 2 heterocycles. The largest absolute Gasteiger partial charge is 0.350 e. The fraction of sp³-hybridized carbons (Fsp3) is 0. The van der Waals surface area contributed by atoms with Crippen LogP contribution in [0.4, 0.5) is 9.93 Å². The van der Waals surface area contributed by atoms with E-state index < -0.39 is 6.03 Å². The summed E-state index contributed by atoms with van der Waals surface area (Å²) < 4.78 is 0. The van der Waals surface area contributed by atoms with Crippen molar-refractivity contribution in [1.29, 1.82) is 0 Å². The number of nitrogens with zero attached hydrogens (tertiary/aromatic N) is 2. The average molecular weight is 235 g/mol. The molecule has 2 aromatic rings. The molecule has 0 aliphatic carbocycles. The summed E-state index contributed by atoms with van der Waals surface area (Å²) in [5, 5.41) is 2.43. The molecule has 0 saturated carbocycles. The van der Waals surface area contributed by atoms with Gasteiger partial charge in [-0.2, -0.15) is 0 Å². The van der Waals surface area contributed by atoms with Crippen LogP contribution < -0.4 is 16.6 Å². The topological polar surface area (TPSA) is 92.9 Å². The Bertz CT molecular complexity index is 484. The van der Waals surface area contributed by atoms with Gasteiger partial charge in [-0.3, -0.25) is 10.4 Å². The molecule has 16 heavy (non-hydrogen) atoms. The molecule has 7 heteroatoms. The van der Waals surface area contributed by atoms with Crippen LogP contribution in [0.3, 0.4) is 0 Å². The van der Waals surface area contributed by atoms with Crippen molar-refractivity contribution in [2.45, 2.75) is 0 Å². The van der Waals surface area contributed by atoms with Gasteiger partial charge in [-0.15, -0.1) is 11.3 Å². The number of urea groups is 1. The molecule has 0 saturated heterocycles. The first kappa shape index (κ1) is 10.4. The van der Waals surface area contributed by atoms with E-state index in [1.807, 2.05) is 17.5 Å². The number of hydrogen-bond donors (Lipinski definition) is 3. The lowest BCUT2D eigenvalue weighted by atomic mass is 10.2. The predicted molar refractivity (Wildman–Crippen MR) is 61.7 cm³/mol. The Labute approximate surface area is 95.5 Å². The lowest BCUT2D eigenvalue weighted by Crippen LogP contribution is -2.34. The van der Waals surface area contributed by atoms with Crippen LogP contribution in [0.1, 0.15) is 0 Å². The number of anilines is 1. The van der Waals surface area contributed by atoms with E-state index in [0.717, 1.165) is 11.3 Å². The highest BCUT2D eigenvalue weighted by Crippen LogP contribution is 2.23. The summed E-state index contributed by atoms with van der Waals surface area (Å²) in [5.74, 6) is 0. The van der Waals surface area contributed by atoms with Crippen LogP contribution in [0.2, 0.25) is 0 Å². The third-order valence-corrected chi connectivity index (χ3v) is 2.51. The fourth-order valence-electron chi connectivity index (χ4n) is 1.09. The molecule has 0 spiro atoms. The number of primary amides is 1. The van der Waals surface area contributed by atoms with Crippen LogP contribution in [0.25, 0.3) is 11.3 Å². The summed E-state index contributed by atoms with van der Waals surface area (Å²) in [6.07, 6.45) is 3.42. The number of amides is 2. The molecule has 6 nitrogen and oxygen atoms in total. The normalized spacial score (nSPS) is 9.75. The summed E-state index contributed by atoms with van der Waals surface area (Å²) in [6.45, 7) is 0. The van der Waals surface area contributed by atoms with Crippen molar-refractivity contribution in [3.63, 3.8) is 0 Å². The molecular formula is C9H9N5OS. The van der Waals surface area contributed by atoms with Crippen LogP contribution >= 0.6 is 11.3 Å². The van der Waals surface area contributed by atoms with Crippen molar-refractivity contribution >= 4 is 22.5 Å². The zero-order valence-electron chi connectivity index (χ0n) is 8.18. The number of pyridine rings is 1. The zero-order valence-corrected chi connectivity index (χ0v) is 8.99. The van der Waals surface area contributed by atoms with Gasteiger partial charge in [0, 0.05) is 23.3 Å². The molecule has 0 aliphatic heterocycles. The average Bonchev–Trinajstić information content (AvgIpc) is 2.76. The third kappa shape index (κ3) is 2.45. The molecule has 0 unspecified atom stereocenters. The molecule has 0 radical (unpaired) electrons. The second kappa shape index (κ2) is 4.58. The minimum absolute atomic E-state index is 0.567. The van der Waals surface area contributed by atoms with Crippen LogP contribution in [-0.4, -0.2) is 16.0 Å². The van der Waals surface area contributed by atoms with Crippen LogP contribution in [0, 0.1) is 0 Å². The Balaban J connectivity index is 2.11. The quantitative estimate of drug-likeness (QED) is 0.697. The van der Waals surface area contributed by atoms with Gasteiger partial charge in [0.05, 0.1) is 5.69 Å². The van der Waals surface area contributed by atoms with Crippen molar-refractivity contribution in [2.75, 3.05) is 5.43 Å². The van der Waals surface area contributed by atoms with Crippen molar-refractivity contribution in [3.05, 3.63) is 29.9 Å². The SMILES string of the molecule is NC(=O)NNc1nc(-c2cccnc2)cs1. The standard InChI is InChI=1S/C9H9N5OS/c10-8(15)13-14-9-12-7(5-16-9)6-2-1-3-11-4-6/h1-5H,(H,12,14)(H3,10,13,15). The Hall–Kier alpha value is -2.15. The maximum absolute atomic E-state index is 10.5. The number of thiazole rings is 1. The van der Waals surface area contributed by atoms with Gasteiger partial charge in [0.15, 0.2) is 0 Å². The number of hydrazine groups is 1. The Kier molecular flexibility index (Phi) is 2.97. The van der Waals surface area contributed by atoms with E-state index in [4.69, 9.17) is 5.73 Å². The maximum Gasteiger partial charge on any atom is 0.330 e. The predicted octanol–water partition coefficient (Wildman–Crippen LogP) is 1.20. The van der Waals surface area contributed by atoms with Gasteiger partial charge in [-0.25, -0.2) is 15.2 Å². The van der Waals surface area contributed by atoms with E-state index >= 15 is 0 Å². The Morgan fingerprint density at radius 3 is 3.06 bits per heavy atom. The first-order valence-corrected chi connectivity index (χ1v) is 5.31. The third-order valence-electron chi connectivity index (χ3n) is 1.75. The molecule has 0 aromatic carbocycles. The number of nitrogens with two attached hydrogens (primary N) is 1. The summed E-state index contributed by atoms with van der Waals surface area (Å²) in [6, 6.07) is 3.09. The highest BCUT2D eigenvalue weighted by Gasteiger charge is 2.04. The van der Waals surface area contributed by atoms with E-state index in [1.54, 1.807) is 12.4 Å². The van der Waals surface area contributed by atoms with Crippen molar-refractivity contribution in [2.24, 2.45) is 5.73 Å². The number of carbonyl (C=O) groups excluding carboxylic acids is 1.